The van der Waals surface area contributed by atoms with Gasteiger partial charge in [0.15, 0.2) is 6.61 Å². The van der Waals surface area contributed by atoms with E-state index in [2.05, 4.69) is 16.2 Å². The summed E-state index contributed by atoms with van der Waals surface area (Å²) >= 11 is 5.78. The van der Waals surface area contributed by atoms with E-state index in [0.29, 0.717) is 36.6 Å². The van der Waals surface area contributed by atoms with Gasteiger partial charge >= 0.3 is 6.09 Å². The van der Waals surface area contributed by atoms with Crippen molar-refractivity contribution in [2.24, 2.45) is 5.41 Å². The molecule has 1 aromatic carbocycles. The maximum atomic E-state index is 12.3. The lowest BCUT2D eigenvalue weighted by molar-refractivity contribution is -0.180. The molecule has 0 heterocycles. The van der Waals surface area contributed by atoms with Crippen LogP contribution in [0.4, 0.5) is 4.79 Å². The van der Waals surface area contributed by atoms with Crippen LogP contribution in [0.2, 0.25) is 5.02 Å². The van der Waals surface area contributed by atoms with Gasteiger partial charge < -0.3 is 14.8 Å². The summed E-state index contributed by atoms with van der Waals surface area (Å²) in [6, 6.07) is 6.61. The minimum atomic E-state index is -0.527. The highest BCUT2D eigenvalue weighted by Crippen LogP contribution is 2.67. The molecule has 1 aromatic rings. The average Bonchev–Trinajstić information content (AvgIpc) is 2.61. The van der Waals surface area contributed by atoms with E-state index >= 15 is 0 Å². The maximum Gasteiger partial charge on any atom is 0.407 e. The van der Waals surface area contributed by atoms with E-state index in [1.54, 1.807) is 24.3 Å². The molecule has 3 amide bonds. The SMILES string of the molecule is CCCCOC(=O)NC12CC(C(=O)NNC(=O)COc3ccc(Cl)cc3)(C1)C2. The summed E-state index contributed by atoms with van der Waals surface area (Å²) in [7, 11) is 0. The van der Waals surface area contributed by atoms with Gasteiger partial charge in [-0.1, -0.05) is 24.9 Å². The molecule has 3 fully saturated rings. The van der Waals surface area contributed by atoms with Gasteiger partial charge in [-0.15, -0.1) is 0 Å². The zero-order chi connectivity index (χ0) is 20.2. The normalized spacial score (nSPS) is 24.2. The number of benzene rings is 1. The number of amides is 3. The molecule has 0 saturated heterocycles. The van der Waals surface area contributed by atoms with Crippen LogP contribution in [0.5, 0.6) is 5.75 Å². The highest BCUT2D eigenvalue weighted by atomic mass is 35.5. The van der Waals surface area contributed by atoms with Gasteiger partial charge in [-0.3, -0.25) is 20.4 Å². The number of rotatable bonds is 8. The minimum absolute atomic E-state index is 0.232. The van der Waals surface area contributed by atoms with E-state index < -0.39 is 17.4 Å². The summed E-state index contributed by atoms with van der Waals surface area (Å²) in [5.41, 5.74) is 3.91. The van der Waals surface area contributed by atoms with Crippen molar-refractivity contribution in [2.75, 3.05) is 13.2 Å². The molecule has 2 bridgehead atoms. The lowest BCUT2D eigenvalue weighted by Crippen LogP contribution is -2.79. The third-order valence-corrected chi connectivity index (χ3v) is 5.36. The van der Waals surface area contributed by atoms with Crippen LogP contribution in [-0.2, 0) is 14.3 Å². The Morgan fingerprint density at radius 3 is 2.43 bits per heavy atom. The van der Waals surface area contributed by atoms with Crippen LogP contribution in [0, 0.1) is 5.41 Å². The molecule has 0 aromatic heterocycles. The molecule has 3 aliphatic carbocycles. The molecule has 0 unspecified atom stereocenters. The largest absolute Gasteiger partial charge is 0.484 e. The predicted molar refractivity (Wildman–Crippen MR) is 102 cm³/mol. The third kappa shape index (κ3) is 4.49. The Morgan fingerprint density at radius 2 is 1.79 bits per heavy atom. The van der Waals surface area contributed by atoms with Crippen molar-refractivity contribution in [2.45, 2.75) is 44.6 Å². The first-order valence-electron chi connectivity index (χ1n) is 9.29. The molecule has 3 saturated carbocycles. The fraction of sp³-hybridized carbons (Fsp3) is 0.526. The molecule has 28 heavy (non-hydrogen) atoms. The zero-order valence-corrected chi connectivity index (χ0v) is 16.4. The van der Waals surface area contributed by atoms with Gasteiger partial charge in [0.05, 0.1) is 12.0 Å². The quantitative estimate of drug-likeness (QED) is 0.451. The molecular formula is C19H24ClN3O5. The highest BCUT2D eigenvalue weighted by Gasteiger charge is 2.72. The van der Waals surface area contributed by atoms with Crippen LogP contribution in [-0.4, -0.2) is 36.7 Å². The first-order valence-corrected chi connectivity index (χ1v) is 9.67. The molecule has 3 aliphatic rings. The smallest absolute Gasteiger partial charge is 0.407 e. The van der Waals surface area contributed by atoms with Crippen molar-refractivity contribution in [1.82, 2.24) is 16.2 Å². The van der Waals surface area contributed by atoms with Crippen LogP contribution < -0.4 is 20.9 Å². The van der Waals surface area contributed by atoms with Crippen molar-refractivity contribution in [3.8, 4) is 5.75 Å². The number of alkyl carbamates (subject to hydrolysis) is 1. The van der Waals surface area contributed by atoms with Gasteiger partial charge in [0.25, 0.3) is 5.91 Å². The molecule has 152 valence electrons. The summed E-state index contributed by atoms with van der Waals surface area (Å²) in [6.45, 7) is 2.19. The van der Waals surface area contributed by atoms with Crippen LogP contribution in [0.25, 0.3) is 0 Å². The second-order valence-electron chi connectivity index (χ2n) is 7.45. The van der Waals surface area contributed by atoms with Gasteiger partial charge in [0, 0.05) is 10.6 Å². The third-order valence-electron chi connectivity index (χ3n) is 5.11. The molecule has 0 radical (unpaired) electrons. The van der Waals surface area contributed by atoms with Crippen molar-refractivity contribution in [3.63, 3.8) is 0 Å². The standard InChI is InChI=1S/C19H24ClN3O5/c1-2-3-8-27-17(26)21-19-10-18(11-19,12-19)16(25)23-22-15(24)9-28-14-6-4-13(20)5-7-14/h4-7H,2-3,8-12H2,1H3,(H,21,26)(H,22,24)(H,23,25). The van der Waals surface area contributed by atoms with Gasteiger partial charge in [-0.25, -0.2) is 4.79 Å². The molecule has 0 aliphatic heterocycles. The van der Waals surface area contributed by atoms with Gasteiger partial charge in [-0.2, -0.15) is 0 Å². The van der Waals surface area contributed by atoms with E-state index in [0.717, 1.165) is 12.8 Å². The van der Waals surface area contributed by atoms with Crippen molar-refractivity contribution in [3.05, 3.63) is 29.3 Å². The fourth-order valence-corrected chi connectivity index (χ4v) is 3.82. The molecular weight excluding hydrogens is 386 g/mol. The van der Waals surface area contributed by atoms with E-state index in [4.69, 9.17) is 21.1 Å². The highest BCUT2D eigenvalue weighted by molar-refractivity contribution is 6.30. The van der Waals surface area contributed by atoms with Crippen molar-refractivity contribution < 1.29 is 23.9 Å². The Bertz CT molecular complexity index is 733. The van der Waals surface area contributed by atoms with Crippen LogP contribution in [0.1, 0.15) is 39.0 Å². The number of halogens is 1. The van der Waals surface area contributed by atoms with Gasteiger partial charge in [-0.05, 0) is 49.9 Å². The number of unbranched alkanes of at least 4 members (excludes halogenated alkanes) is 1. The number of hydrazine groups is 1. The van der Waals surface area contributed by atoms with Gasteiger partial charge in [0.1, 0.15) is 5.75 Å². The molecule has 8 nitrogen and oxygen atoms in total. The van der Waals surface area contributed by atoms with E-state index in [-0.39, 0.29) is 18.1 Å². The number of hydrogen-bond donors (Lipinski definition) is 3. The van der Waals surface area contributed by atoms with Crippen LogP contribution >= 0.6 is 11.6 Å². The Hall–Kier alpha value is -2.48. The average molecular weight is 410 g/mol. The lowest BCUT2D eigenvalue weighted by Gasteiger charge is -2.68. The number of hydrogen-bond acceptors (Lipinski definition) is 5. The van der Waals surface area contributed by atoms with Crippen molar-refractivity contribution in [1.29, 1.82) is 0 Å². The number of ether oxygens (including phenoxy) is 2. The summed E-state index contributed by atoms with van der Waals surface area (Å²) in [5, 5.41) is 3.42. The summed E-state index contributed by atoms with van der Waals surface area (Å²) in [5.74, 6) is -0.221. The van der Waals surface area contributed by atoms with Gasteiger partial charge in [0.2, 0.25) is 5.91 Å². The van der Waals surface area contributed by atoms with E-state index in [9.17, 15) is 14.4 Å². The summed E-state index contributed by atoms with van der Waals surface area (Å²) < 4.78 is 10.4. The molecule has 9 heteroatoms. The first-order chi connectivity index (χ1) is 13.4. The minimum Gasteiger partial charge on any atom is -0.484 e. The number of carbonyl (C=O) groups is 3. The second kappa shape index (κ2) is 8.26. The van der Waals surface area contributed by atoms with E-state index in [1.165, 1.54) is 0 Å². The Balaban J connectivity index is 1.33. The lowest BCUT2D eigenvalue weighted by atomic mass is 9.39. The van der Waals surface area contributed by atoms with Crippen LogP contribution in [0.3, 0.4) is 0 Å². The van der Waals surface area contributed by atoms with E-state index in [1.807, 2.05) is 6.92 Å². The Morgan fingerprint density at radius 1 is 1.11 bits per heavy atom. The Kier molecular flexibility index (Phi) is 5.98. The monoisotopic (exact) mass is 409 g/mol. The van der Waals surface area contributed by atoms with Crippen LogP contribution in [0.15, 0.2) is 24.3 Å². The Labute approximate surface area is 168 Å². The fourth-order valence-electron chi connectivity index (χ4n) is 3.70. The molecule has 3 N–H and O–H groups in total. The topological polar surface area (TPSA) is 106 Å². The second-order valence-corrected chi connectivity index (χ2v) is 7.89. The predicted octanol–water partition coefficient (Wildman–Crippen LogP) is 2.32. The molecule has 4 rings (SSSR count). The first kappa shape index (κ1) is 20.3. The summed E-state index contributed by atoms with van der Waals surface area (Å²) in [6.07, 6.45) is 2.99. The number of carbonyl (C=O) groups excluding carboxylic acids is 3. The van der Waals surface area contributed by atoms with Crippen molar-refractivity contribution >= 4 is 29.5 Å². The zero-order valence-electron chi connectivity index (χ0n) is 15.7. The number of nitrogens with one attached hydrogen (secondary N) is 3. The molecule has 0 atom stereocenters. The maximum absolute atomic E-state index is 12.3. The summed E-state index contributed by atoms with van der Waals surface area (Å²) in [4.78, 5) is 35.9. The molecule has 0 spiro atoms.